The molecule has 18 heavy (non-hydrogen) atoms. The zero-order valence-corrected chi connectivity index (χ0v) is 10.8. The molecule has 1 aromatic rings. The van der Waals surface area contributed by atoms with Crippen molar-refractivity contribution in [3.05, 3.63) is 23.8 Å². The van der Waals surface area contributed by atoms with E-state index in [1.807, 2.05) is 6.92 Å². The van der Waals surface area contributed by atoms with Crippen molar-refractivity contribution in [3.8, 4) is 5.75 Å². The quantitative estimate of drug-likeness (QED) is 0.660. The van der Waals surface area contributed by atoms with Gasteiger partial charge in [0.15, 0.2) is 5.75 Å². The van der Waals surface area contributed by atoms with Crippen molar-refractivity contribution in [1.29, 1.82) is 0 Å². The largest absolute Gasteiger partial charge is 0.494 e. The first-order chi connectivity index (χ1) is 8.60. The molecule has 0 aliphatic rings. The lowest BCUT2D eigenvalue weighted by Crippen LogP contribution is -2.29. The Morgan fingerprint density at radius 2 is 2.28 bits per heavy atom. The normalized spacial score (nSPS) is 11.9. The summed E-state index contributed by atoms with van der Waals surface area (Å²) < 4.78 is 5.13. The highest BCUT2D eigenvalue weighted by molar-refractivity contribution is 5.98. The number of anilines is 1. The molecular weight excluding hydrogens is 232 g/mol. The van der Waals surface area contributed by atoms with E-state index in [0.717, 1.165) is 0 Å². The second-order valence-corrected chi connectivity index (χ2v) is 4.26. The second-order valence-electron chi connectivity index (χ2n) is 4.26. The summed E-state index contributed by atoms with van der Waals surface area (Å²) in [6, 6.07) is 5.06. The predicted molar refractivity (Wildman–Crippen MR) is 70.6 cm³/mol. The fourth-order valence-electron chi connectivity index (χ4n) is 1.65. The topological polar surface area (TPSA) is 84.6 Å². The van der Waals surface area contributed by atoms with Gasteiger partial charge in [0.05, 0.1) is 18.4 Å². The standard InChI is InChI=1S/C13H20N2O3/c1-9(6-7-16)8-15-13(17)10-4-3-5-11(14)12(10)18-2/h3-5,9,16H,6-8,14H2,1-2H3,(H,15,17). The molecule has 1 aromatic carbocycles. The van der Waals surface area contributed by atoms with Crippen molar-refractivity contribution in [3.63, 3.8) is 0 Å². The van der Waals surface area contributed by atoms with Crippen LogP contribution in [0.2, 0.25) is 0 Å². The molecule has 0 aliphatic heterocycles. The molecule has 0 fully saturated rings. The first kappa shape index (κ1) is 14.3. The van der Waals surface area contributed by atoms with Crippen molar-refractivity contribution >= 4 is 11.6 Å². The van der Waals surface area contributed by atoms with E-state index in [1.165, 1.54) is 7.11 Å². The molecule has 1 unspecified atom stereocenters. The number of nitrogens with one attached hydrogen (secondary N) is 1. The molecule has 1 amide bonds. The van der Waals surface area contributed by atoms with Gasteiger partial charge in [0.25, 0.3) is 5.91 Å². The maximum Gasteiger partial charge on any atom is 0.255 e. The molecule has 0 saturated heterocycles. The number of nitrogens with two attached hydrogens (primary N) is 1. The van der Waals surface area contributed by atoms with E-state index in [-0.39, 0.29) is 18.4 Å². The van der Waals surface area contributed by atoms with Gasteiger partial charge in [0.1, 0.15) is 0 Å². The van der Waals surface area contributed by atoms with Gasteiger partial charge in [0, 0.05) is 13.2 Å². The SMILES string of the molecule is COc1c(N)cccc1C(=O)NCC(C)CCO. The fourth-order valence-corrected chi connectivity index (χ4v) is 1.65. The molecule has 4 N–H and O–H groups in total. The zero-order chi connectivity index (χ0) is 13.5. The van der Waals surface area contributed by atoms with Crippen molar-refractivity contribution in [1.82, 2.24) is 5.32 Å². The Hall–Kier alpha value is -1.75. The summed E-state index contributed by atoms with van der Waals surface area (Å²) in [5, 5.41) is 11.6. The van der Waals surface area contributed by atoms with Gasteiger partial charge in [-0.2, -0.15) is 0 Å². The van der Waals surface area contributed by atoms with Crippen molar-refractivity contribution < 1.29 is 14.6 Å². The van der Waals surface area contributed by atoms with Crippen LogP contribution < -0.4 is 15.8 Å². The summed E-state index contributed by atoms with van der Waals surface area (Å²) in [5.74, 6) is 0.403. The third kappa shape index (κ3) is 3.63. The summed E-state index contributed by atoms with van der Waals surface area (Å²) in [5.41, 5.74) is 6.60. The van der Waals surface area contributed by atoms with Crippen molar-refractivity contribution in [2.75, 3.05) is 26.0 Å². The lowest BCUT2D eigenvalue weighted by molar-refractivity contribution is 0.0942. The molecule has 0 radical (unpaired) electrons. The first-order valence-corrected chi connectivity index (χ1v) is 5.91. The Labute approximate surface area is 107 Å². The summed E-state index contributed by atoms with van der Waals surface area (Å²) in [4.78, 5) is 12.0. The molecule has 0 aliphatic carbocycles. The van der Waals surface area contributed by atoms with E-state index in [2.05, 4.69) is 5.32 Å². The number of benzene rings is 1. The number of hydrogen-bond donors (Lipinski definition) is 3. The van der Waals surface area contributed by atoms with E-state index in [1.54, 1.807) is 18.2 Å². The number of aliphatic hydroxyl groups excluding tert-OH is 1. The molecule has 5 heteroatoms. The Bertz CT molecular complexity index is 407. The van der Waals surface area contributed by atoms with Crippen LogP contribution >= 0.6 is 0 Å². The molecule has 0 heterocycles. The minimum absolute atomic E-state index is 0.124. The van der Waals surface area contributed by atoms with Crippen LogP contribution in [0.3, 0.4) is 0 Å². The fraction of sp³-hybridized carbons (Fsp3) is 0.462. The number of carbonyl (C=O) groups excluding carboxylic acids is 1. The minimum atomic E-state index is -0.219. The number of para-hydroxylation sites is 1. The molecule has 0 saturated carbocycles. The predicted octanol–water partition coefficient (Wildman–Crippen LogP) is 1.03. The summed E-state index contributed by atoms with van der Waals surface area (Å²) in [7, 11) is 1.48. The Morgan fingerprint density at radius 1 is 1.56 bits per heavy atom. The number of nitrogen functional groups attached to an aromatic ring is 1. The molecule has 0 bridgehead atoms. The number of hydrogen-bond acceptors (Lipinski definition) is 4. The van der Waals surface area contributed by atoms with Gasteiger partial charge in [-0.05, 0) is 24.5 Å². The number of ether oxygens (including phenoxy) is 1. The van der Waals surface area contributed by atoms with Crippen molar-refractivity contribution in [2.45, 2.75) is 13.3 Å². The zero-order valence-electron chi connectivity index (χ0n) is 10.8. The highest BCUT2D eigenvalue weighted by Crippen LogP contribution is 2.25. The molecule has 100 valence electrons. The van der Waals surface area contributed by atoms with Crippen LogP contribution in [0.4, 0.5) is 5.69 Å². The van der Waals surface area contributed by atoms with Crippen molar-refractivity contribution in [2.24, 2.45) is 5.92 Å². The molecule has 0 spiro atoms. The van der Waals surface area contributed by atoms with Crippen LogP contribution in [0.5, 0.6) is 5.75 Å². The lowest BCUT2D eigenvalue weighted by atomic mass is 10.1. The molecule has 1 atom stereocenters. The van der Waals surface area contributed by atoms with E-state index >= 15 is 0 Å². The molecule has 0 aromatic heterocycles. The first-order valence-electron chi connectivity index (χ1n) is 5.91. The van der Waals surface area contributed by atoms with E-state index in [0.29, 0.717) is 30.0 Å². The highest BCUT2D eigenvalue weighted by atomic mass is 16.5. The minimum Gasteiger partial charge on any atom is -0.494 e. The summed E-state index contributed by atoms with van der Waals surface area (Å²) >= 11 is 0. The maximum absolute atomic E-state index is 12.0. The molecular formula is C13H20N2O3. The number of methoxy groups -OCH3 is 1. The van der Waals surface area contributed by atoms with Gasteiger partial charge in [-0.3, -0.25) is 4.79 Å². The third-order valence-electron chi connectivity index (χ3n) is 2.73. The summed E-state index contributed by atoms with van der Waals surface area (Å²) in [6.45, 7) is 2.60. The molecule has 5 nitrogen and oxygen atoms in total. The third-order valence-corrected chi connectivity index (χ3v) is 2.73. The highest BCUT2D eigenvalue weighted by Gasteiger charge is 2.14. The number of aliphatic hydroxyl groups is 1. The van der Waals surface area contributed by atoms with Gasteiger partial charge < -0.3 is 20.9 Å². The average molecular weight is 252 g/mol. The van der Waals surface area contributed by atoms with Crippen LogP contribution in [0.15, 0.2) is 18.2 Å². The number of amides is 1. The van der Waals surface area contributed by atoms with Crippen LogP contribution in [0.25, 0.3) is 0 Å². The van der Waals surface area contributed by atoms with Gasteiger partial charge in [0.2, 0.25) is 0 Å². The number of rotatable bonds is 6. The van der Waals surface area contributed by atoms with Crippen LogP contribution in [0, 0.1) is 5.92 Å². The number of carbonyl (C=O) groups is 1. The van der Waals surface area contributed by atoms with Crippen LogP contribution in [-0.4, -0.2) is 31.3 Å². The summed E-state index contributed by atoms with van der Waals surface area (Å²) in [6.07, 6.45) is 0.661. The Balaban J connectivity index is 2.70. The second kappa shape index (κ2) is 6.86. The van der Waals surface area contributed by atoms with E-state index in [4.69, 9.17) is 15.6 Å². The Morgan fingerprint density at radius 3 is 2.89 bits per heavy atom. The van der Waals surface area contributed by atoms with E-state index < -0.39 is 0 Å². The lowest BCUT2D eigenvalue weighted by Gasteiger charge is -2.13. The van der Waals surface area contributed by atoms with E-state index in [9.17, 15) is 4.79 Å². The van der Waals surface area contributed by atoms with Gasteiger partial charge in [-0.15, -0.1) is 0 Å². The average Bonchev–Trinajstić information content (AvgIpc) is 2.36. The van der Waals surface area contributed by atoms with Gasteiger partial charge in [-0.25, -0.2) is 0 Å². The van der Waals surface area contributed by atoms with Crippen LogP contribution in [-0.2, 0) is 0 Å². The Kier molecular flexibility index (Phi) is 5.45. The van der Waals surface area contributed by atoms with Gasteiger partial charge >= 0.3 is 0 Å². The maximum atomic E-state index is 12.0. The molecule has 1 rings (SSSR count). The monoisotopic (exact) mass is 252 g/mol. The smallest absolute Gasteiger partial charge is 0.255 e. The van der Waals surface area contributed by atoms with Gasteiger partial charge in [-0.1, -0.05) is 13.0 Å². The van der Waals surface area contributed by atoms with Crippen LogP contribution in [0.1, 0.15) is 23.7 Å².